The molecule has 0 bridgehead atoms. The summed E-state index contributed by atoms with van der Waals surface area (Å²) in [7, 11) is 0. The van der Waals surface area contributed by atoms with Crippen molar-refractivity contribution in [2.75, 3.05) is 18.5 Å². The predicted octanol–water partition coefficient (Wildman–Crippen LogP) is 3.39. The molecule has 0 aliphatic rings. The van der Waals surface area contributed by atoms with Gasteiger partial charge in [-0.3, -0.25) is 14.2 Å². The number of amides is 1. The standard InChI is InChI=1S/C18H22N7O4S2.Y/c1-12(2)28-29-20-7-9-27-16-14(4-5-15(22-16)25-8-6-19-11-25)10-30-18-24-23-17(31-18)21-13(3)26;/h4-6,8,11-12H,7,9-10H2,1-3H3,(H,21,23,26);/q-1;. The first kappa shape index (κ1) is 26.8. The summed E-state index contributed by atoms with van der Waals surface area (Å²) in [5.74, 6) is 1.54. The Bertz CT molecular complexity index is 972. The largest absolute Gasteiger partial charge is 0.497 e. The molecule has 0 fully saturated rings. The van der Waals surface area contributed by atoms with Crippen LogP contribution < -0.4 is 10.1 Å². The molecule has 1 amide bonds. The number of pyridine rings is 1. The van der Waals surface area contributed by atoms with Gasteiger partial charge in [-0.2, -0.15) is 4.98 Å². The van der Waals surface area contributed by atoms with Crippen molar-refractivity contribution in [3.05, 3.63) is 41.9 Å². The molecule has 3 heterocycles. The summed E-state index contributed by atoms with van der Waals surface area (Å²) >= 11 is 2.78. The van der Waals surface area contributed by atoms with Gasteiger partial charge in [0.1, 0.15) is 12.1 Å². The zero-order valence-electron chi connectivity index (χ0n) is 17.8. The maximum Gasteiger partial charge on any atom is 0.223 e. The van der Waals surface area contributed by atoms with Gasteiger partial charge in [0.05, 0.1) is 12.7 Å². The fraction of sp³-hybridized carbons (Fsp3) is 0.389. The number of hydroxylamine groups is 1. The number of imidazole rings is 1. The second-order valence-electron chi connectivity index (χ2n) is 6.37. The van der Waals surface area contributed by atoms with Gasteiger partial charge in [0.25, 0.3) is 0 Å². The van der Waals surface area contributed by atoms with Gasteiger partial charge >= 0.3 is 0 Å². The Kier molecular flexibility index (Phi) is 11.7. The Balaban J connectivity index is 0.00000363. The van der Waals surface area contributed by atoms with Crippen molar-refractivity contribution in [2.45, 2.75) is 37.0 Å². The van der Waals surface area contributed by atoms with E-state index in [2.05, 4.69) is 31.0 Å². The number of aromatic nitrogens is 5. The molecule has 11 nitrogen and oxygen atoms in total. The van der Waals surface area contributed by atoms with E-state index in [0.29, 0.717) is 22.6 Å². The number of anilines is 1. The van der Waals surface area contributed by atoms with Gasteiger partial charge in [0.15, 0.2) is 4.34 Å². The summed E-state index contributed by atoms with van der Waals surface area (Å²) in [5.41, 5.74) is 4.68. The molecule has 32 heavy (non-hydrogen) atoms. The minimum atomic E-state index is -0.184. The maximum absolute atomic E-state index is 11.1. The first-order valence-corrected chi connectivity index (χ1v) is 11.2. The van der Waals surface area contributed by atoms with Crippen molar-refractivity contribution >= 4 is 34.1 Å². The number of carbonyl (C=O) groups excluding carboxylic acids is 1. The number of thioether (sulfide) groups is 1. The normalized spacial score (nSPS) is 10.8. The first-order chi connectivity index (χ1) is 15.0. The molecule has 169 valence electrons. The number of hydrogen-bond acceptors (Lipinski definition) is 10. The summed E-state index contributed by atoms with van der Waals surface area (Å²) < 4.78 is 8.37. The molecule has 0 saturated heterocycles. The molecule has 3 aromatic heterocycles. The number of carbonyl (C=O) groups is 1. The van der Waals surface area contributed by atoms with Crippen molar-refractivity contribution in [1.82, 2.24) is 24.7 Å². The van der Waals surface area contributed by atoms with Crippen LogP contribution in [-0.4, -0.2) is 49.9 Å². The summed E-state index contributed by atoms with van der Waals surface area (Å²) in [6, 6.07) is 3.83. The Labute approximate surface area is 218 Å². The van der Waals surface area contributed by atoms with Crippen LogP contribution in [0.5, 0.6) is 5.88 Å². The quantitative estimate of drug-likeness (QED) is 0.118. The Morgan fingerprint density at radius 1 is 1.34 bits per heavy atom. The summed E-state index contributed by atoms with van der Waals surface area (Å²) in [6.45, 7) is 5.67. The van der Waals surface area contributed by atoms with E-state index in [1.807, 2.05) is 26.0 Å². The molecule has 0 aliphatic carbocycles. The van der Waals surface area contributed by atoms with E-state index in [0.717, 1.165) is 9.90 Å². The monoisotopic (exact) mass is 553 g/mol. The third-order valence-corrected chi connectivity index (χ3v) is 5.46. The maximum atomic E-state index is 11.1. The molecule has 0 atom stereocenters. The van der Waals surface area contributed by atoms with E-state index in [1.54, 1.807) is 23.3 Å². The average Bonchev–Trinajstić information content (AvgIpc) is 3.41. The fourth-order valence-electron chi connectivity index (χ4n) is 2.17. The minimum Gasteiger partial charge on any atom is -0.497 e. The molecule has 14 heteroatoms. The first-order valence-electron chi connectivity index (χ1n) is 9.35. The average molecular weight is 553 g/mol. The van der Waals surface area contributed by atoms with Crippen LogP contribution in [0.15, 0.2) is 35.2 Å². The summed E-state index contributed by atoms with van der Waals surface area (Å²) in [4.78, 5) is 29.4. The molecular weight excluding hydrogens is 531 g/mol. The Hall–Kier alpha value is -1.48. The number of nitrogens with zero attached hydrogens (tertiary/aromatic N) is 6. The van der Waals surface area contributed by atoms with Crippen LogP contribution in [0.2, 0.25) is 0 Å². The van der Waals surface area contributed by atoms with E-state index in [-0.39, 0.29) is 57.9 Å². The summed E-state index contributed by atoms with van der Waals surface area (Å²) in [6.07, 6.45) is 5.07. The van der Waals surface area contributed by atoms with Gasteiger partial charge in [0.2, 0.25) is 16.9 Å². The molecule has 0 saturated carbocycles. The number of nitrogens with one attached hydrogen (secondary N) is 1. The smallest absolute Gasteiger partial charge is 0.223 e. The van der Waals surface area contributed by atoms with Crippen molar-refractivity contribution < 1.29 is 52.1 Å². The van der Waals surface area contributed by atoms with Crippen molar-refractivity contribution in [1.29, 1.82) is 0 Å². The van der Waals surface area contributed by atoms with Crippen LogP contribution in [0, 0.1) is 0 Å². The van der Waals surface area contributed by atoms with Crippen molar-refractivity contribution in [2.24, 2.45) is 0 Å². The van der Waals surface area contributed by atoms with E-state index in [1.165, 1.54) is 30.0 Å². The molecule has 1 N–H and O–H groups in total. The van der Waals surface area contributed by atoms with Crippen LogP contribution in [0.1, 0.15) is 26.3 Å². The second-order valence-corrected chi connectivity index (χ2v) is 8.57. The second kappa shape index (κ2) is 13.9. The van der Waals surface area contributed by atoms with E-state index < -0.39 is 0 Å². The van der Waals surface area contributed by atoms with Crippen molar-refractivity contribution in [3.8, 4) is 11.7 Å². The minimum absolute atomic E-state index is 0. The number of rotatable bonds is 12. The molecule has 0 aliphatic heterocycles. The van der Waals surface area contributed by atoms with Gasteiger partial charge in [-0.1, -0.05) is 29.6 Å². The molecule has 0 aromatic carbocycles. The number of ether oxygens (including phenoxy) is 1. The third kappa shape index (κ3) is 8.81. The van der Waals surface area contributed by atoms with Gasteiger partial charge in [-0.05, 0) is 26.0 Å². The molecule has 0 unspecified atom stereocenters. The molecule has 3 rings (SSSR count). The van der Waals surface area contributed by atoms with Gasteiger partial charge in [0, 0.05) is 63.3 Å². The van der Waals surface area contributed by atoms with Crippen LogP contribution in [0.25, 0.3) is 11.3 Å². The Morgan fingerprint density at radius 2 is 2.19 bits per heavy atom. The zero-order chi connectivity index (χ0) is 22.1. The SMILES string of the molecule is CC(=O)Nc1nnc(SCc2ccc(-n3ccnc3)nc2OCC[N-]OOC(C)C)s1.[Y]. The molecule has 0 spiro atoms. The zero-order valence-corrected chi connectivity index (χ0v) is 22.3. The topological polar surface area (TPSA) is 127 Å². The van der Waals surface area contributed by atoms with Crippen LogP contribution in [0.4, 0.5) is 5.13 Å². The van der Waals surface area contributed by atoms with E-state index in [4.69, 9.17) is 14.6 Å². The van der Waals surface area contributed by atoms with Crippen LogP contribution in [0.3, 0.4) is 0 Å². The fourth-order valence-corrected chi connectivity index (χ4v) is 3.94. The van der Waals surface area contributed by atoms with Gasteiger partial charge in [-0.15, -0.1) is 10.2 Å². The Morgan fingerprint density at radius 3 is 2.91 bits per heavy atom. The number of hydrogen-bond donors (Lipinski definition) is 1. The third-order valence-electron chi connectivity index (χ3n) is 3.44. The predicted molar refractivity (Wildman–Crippen MR) is 116 cm³/mol. The van der Waals surface area contributed by atoms with Crippen LogP contribution in [-0.2, 0) is 53.1 Å². The molecule has 1 radical (unpaired) electrons. The van der Waals surface area contributed by atoms with E-state index >= 15 is 0 Å². The molecular formula is C18H22N7O4S2Y-. The summed E-state index contributed by atoms with van der Waals surface area (Å²) in [5, 5.41) is 11.1. The molecule has 3 aromatic rings. The van der Waals surface area contributed by atoms with E-state index in [9.17, 15) is 4.79 Å². The van der Waals surface area contributed by atoms with Crippen molar-refractivity contribution in [3.63, 3.8) is 0 Å². The van der Waals surface area contributed by atoms with Gasteiger partial charge < -0.3 is 20.5 Å². The van der Waals surface area contributed by atoms with Crippen LogP contribution >= 0.6 is 23.1 Å². The van der Waals surface area contributed by atoms with Gasteiger partial charge in [-0.25, -0.2) is 4.98 Å².